The van der Waals surface area contributed by atoms with Crippen LogP contribution in [0.15, 0.2) is 42.0 Å². The molecule has 4 rings (SSSR count). The second-order valence-electron chi connectivity index (χ2n) is 9.64. The molecular weight excluding hydrogens is 500 g/mol. The first-order chi connectivity index (χ1) is 17.8. The van der Waals surface area contributed by atoms with Gasteiger partial charge in [0.25, 0.3) is 0 Å². The fourth-order valence-electron chi connectivity index (χ4n) is 4.96. The number of rotatable bonds is 4. The van der Waals surface area contributed by atoms with Crippen molar-refractivity contribution in [2.24, 2.45) is 0 Å². The number of benzene rings is 2. The van der Waals surface area contributed by atoms with Crippen molar-refractivity contribution in [2.75, 3.05) is 0 Å². The van der Waals surface area contributed by atoms with Crippen molar-refractivity contribution < 1.29 is 54.1 Å². The van der Waals surface area contributed by atoms with Crippen LogP contribution in [-0.4, -0.2) is 74.0 Å². The summed E-state index contributed by atoms with van der Waals surface area (Å²) < 4.78 is 16.1. The number of hydrogen-bond acceptors (Lipinski definition) is 11. The van der Waals surface area contributed by atoms with Crippen LogP contribution in [0.4, 0.5) is 0 Å². The highest BCUT2D eigenvalue weighted by Crippen LogP contribution is 2.50. The van der Waals surface area contributed by atoms with Gasteiger partial charge in [-0.25, -0.2) is 4.79 Å². The van der Waals surface area contributed by atoms with Gasteiger partial charge in [-0.05, 0) is 38.5 Å². The van der Waals surface area contributed by atoms with E-state index < -0.39 is 65.5 Å². The third-order valence-corrected chi connectivity index (χ3v) is 6.48. The summed E-state index contributed by atoms with van der Waals surface area (Å²) in [6, 6.07) is 6.57. The number of phenolic OH excluding ortho intramolecular Hbond substituents is 2. The highest BCUT2D eigenvalue weighted by Gasteiger charge is 2.60. The van der Waals surface area contributed by atoms with Gasteiger partial charge in [0.1, 0.15) is 29.3 Å². The highest BCUT2D eigenvalue weighted by molar-refractivity contribution is 6.16. The Bertz CT molecular complexity index is 1340. The van der Waals surface area contributed by atoms with Crippen molar-refractivity contribution >= 4 is 17.7 Å². The summed E-state index contributed by atoms with van der Waals surface area (Å²) in [7, 11) is 0. The van der Waals surface area contributed by atoms with Crippen LogP contribution >= 0.6 is 0 Å². The van der Waals surface area contributed by atoms with Crippen molar-refractivity contribution in [3.8, 4) is 11.5 Å². The summed E-state index contributed by atoms with van der Waals surface area (Å²) in [5.41, 5.74) is -2.54. The van der Waals surface area contributed by atoms with Crippen LogP contribution in [0.3, 0.4) is 0 Å². The maximum atomic E-state index is 13.4. The van der Waals surface area contributed by atoms with E-state index in [1.807, 2.05) is 0 Å². The molecule has 1 aliphatic heterocycles. The third-order valence-electron chi connectivity index (χ3n) is 6.48. The third kappa shape index (κ3) is 4.43. The second-order valence-corrected chi connectivity index (χ2v) is 9.64. The summed E-state index contributed by atoms with van der Waals surface area (Å²) >= 11 is 0. The number of aliphatic hydroxyl groups is 3. The first-order valence-corrected chi connectivity index (χ1v) is 11.7. The summed E-state index contributed by atoms with van der Waals surface area (Å²) in [5.74, 6) is -3.59. The predicted molar refractivity (Wildman–Crippen MR) is 129 cm³/mol. The Morgan fingerprint density at radius 1 is 0.974 bits per heavy atom. The lowest BCUT2D eigenvalue weighted by atomic mass is 9.68. The first-order valence-electron chi connectivity index (χ1n) is 11.7. The number of ether oxygens (including phenoxy) is 3. The maximum absolute atomic E-state index is 13.4. The standard InChI is InChI=1S/C27H28O11/c1-11(2)8-18(31)37-24-22(33)25(38-26(23(24)34)36-13(4)28)27(35)14-6-5-7-16(29)19(14)21(32)20-15(27)9-12(3)10-17(20)30/h5-10,22-26,29-30,33-35H,1-4H3/t22-,23+,24-,25+,26+,27-/m1/s1. The molecule has 202 valence electrons. The Morgan fingerprint density at radius 2 is 1.63 bits per heavy atom. The number of allylic oxidation sites excluding steroid dienone is 1. The molecule has 0 bridgehead atoms. The molecule has 0 radical (unpaired) electrons. The molecule has 0 amide bonds. The lowest BCUT2D eigenvalue weighted by molar-refractivity contribution is -0.314. The molecule has 2 aromatic rings. The molecule has 38 heavy (non-hydrogen) atoms. The van der Waals surface area contributed by atoms with E-state index in [4.69, 9.17) is 14.2 Å². The van der Waals surface area contributed by atoms with E-state index in [9.17, 15) is 39.9 Å². The Hall–Kier alpha value is -3.77. The molecule has 1 aliphatic carbocycles. The van der Waals surface area contributed by atoms with Gasteiger partial charge in [-0.2, -0.15) is 0 Å². The van der Waals surface area contributed by atoms with Gasteiger partial charge in [-0.15, -0.1) is 0 Å². The van der Waals surface area contributed by atoms with Crippen molar-refractivity contribution in [3.63, 3.8) is 0 Å². The monoisotopic (exact) mass is 528 g/mol. The number of esters is 2. The predicted octanol–water partition coefficient (Wildman–Crippen LogP) is 1.07. The molecule has 11 nitrogen and oxygen atoms in total. The topological polar surface area (TPSA) is 180 Å². The number of ketones is 1. The smallest absolute Gasteiger partial charge is 0.331 e. The molecule has 1 fully saturated rings. The van der Waals surface area contributed by atoms with Gasteiger partial charge in [-0.1, -0.05) is 23.8 Å². The average molecular weight is 529 g/mol. The fraction of sp³-hybridized carbons (Fsp3) is 0.370. The van der Waals surface area contributed by atoms with Crippen LogP contribution in [0, 0.1) is 6.92 Å². The molecule has 1 heterocycles. The molecule has 0 unspecified atom stereocenters. The molecule has 0 spiro atoms. The fourth-order valence-corrected chi connectivity index (χ4v) is 4.96. The minimum Gasteiger partial charge on any atom is -0.507 e. The van der Waals surface area contributed by atoms with E-state index >= 15 is 0 Å². The minimum absolute atomic E-state index is 0.172. The van der Waals surface area contributed by atoms with E-state index in [-0.39, 0.29) is 22.3 Å². The maximum Gasteiger partial charge on any atom is 0.331 e. The van der Waals surface area contributed by atoms with Crippen molar-refractivity contribution in [3.05, 3.63) is 69.8 Å². The van der Waals surface area contributed by atoms with E-state index in [1.165, 1.54) is 30.3 Å². The summed E-state index contributed by atoms with van der Waals surface area (Å²) in [6.45, 7) is 5.88. The van der Waals surface area contributed by atoms with Gasteiger partial charge in [0.05, 0.1) is 11.1 Å². The van der Waals surface area contributed by atoms with Crippen LogP contribution in [0.2, 0.25) is 0 Å². The van der Waals surface area contributed by atoms with Gasteiger partial charge in [0.15, 0.2) is 12.2 Å². The van der Waals surface area contributed by atoms with Crippen LogP contribution in [0.1, 0.15) is 53.4 Å². The molecule has 2 aromatic carbocycles. The summed E-state index contributed by atoms with van der Waals surface area (Å²) in [4.78, 5) is 37.6. The molecule has 5 N–H and O–H groups in total. The minimum atomic E-state index is -2.47. The largest absolute Gasteiger partial charge is 0.507 e. The van der Waals surface area contributed by atoms with Crippen LogP contribution in [0.5, 0.6) is 11.5 Å². The van der Waals surface area contributed by atoms with Crippen LogP contribution < -0.4 is 0 Å². The van der Waals surface area contributed by atoms with E-state index in [0.29, 0.717) is 11.1 Å². The molecular formula is C27H28O11. The van der Waals surface area contributed by atoms with Gasteiger partial charge >= 0.3 is 11.9 Å². The lowest BCUT2D eigenvalue weighted by Crippen LogP contribution is -2.66. The SMILES string of the molecule is CC(=O)O[C@H]1O[C@H]([C@@]2(O)c3cccc(O)c3C(=O)c3c(O)cc(C)cc32)[C@H](O)[C@@H](OC(=O)C=C(C)C)[C@@H]1O. The summed E-state index contributed by atoms with van der Waals surface area (Å²) in [5, 5.41) is 55.8. The normalized spacial score (nSPS) is 28.1. The Labute approximate surface area is 217 Å². The number of aliphatic hydroxyl groups excluding tert-OH is 2. The second kappa shape index (κ2) is 9.84. The van der Waals surface area contributed by atoms with Gasteiger partial charge in [0, 0.05) is 24.1 Å². The number of aryl methyl sites for hydroxylation is 1. The van der Waals surface area contributed by atoms with E-state index in [0.717, 1.165) is 13.0 Å². The first kappa shape index (κ1) is 27.3. The number of carbonyl (C=O) groups excluding carboxylic acids is 3. The van der Waals surface area contributed by atoms with Crippen molar-refractivity contribution in [1.82, 2.24) is 0 Å². The number of hydrogen-bond donors (Lipinski definition) is 5. The number of fused-ring (bicyclic) bond motifs is 2. The average Bonchev–Trinajstić information content (AvgIpc) is 2.80. The van der Waals surface area contributed by atoms with E-state index in [1.54, 1.807) is 20.8 Å². The molecule has 0 aromatic heterocycles. The molecule has 0 saturated carbocycles. The zero-order chi connectivity index (χ0) is 28.1. The van der Waals surface area contributed by atoms with Gasteiger partial charge in [0.2, 0.25) is 12.1 Å². The van der Waals surface area contributed by atoms with E-state index in [2.05, 4.69) is 0 Å². The van der Waals surface area contributed by atoms with Crippen LogP contribution in [-0.2, 0) is 29.4 Å². The van der Waals surface area contributed by atoms with Crippen molar-refractivity contribution in [1.29, 1.82) is 0 Å². The zero-order valence-electron chi connectivity index (χ0n) is 21.0. The highest BCUT2D eigenvalue weighted by atomic mass is 16.7. The summed E-state index contributed by atoms with van der Waals surface area (Å²) in [6.07, 6.45) is -8.10. The lowest BCUT2D eigenvalue weighted by Gasteiger charge is -2.49. The Morgan fingerprint density at radius 3 is 2.26 bits per heavy atom. The molecule has 2 aliphatic rings. The molecule has 6 atom stereocenters. The Kier molecular flexibility index (Phi) is 7.06. The number of carbonyl (C=O) groups is 3. The number of phenols is 2. The Balaban J connectivity index is 1.95. The quantitative estimate of drug-likeness (QED) is 0.283. The molecule has 1 saturated heterocycles. The molecule has 11 heteroatoms. The van der Waals surface area contributed by atoms with Crippen molar-refractivity contribution in [2.45, 2.75) is 64.0 Å². The van der Waals surface area contributed by atoms with Gasteiger partial charge < -0.3 is 39.7 Å². The number of aromatic hydroxyl groups is 2. The van der Waals surface area contributed by atoms with Gasteiger partial charge in [-0.3, -0.25) is 9.59 Å². The van der Waals surface area contributed by atoms with Crippen LogP contribution in [0.25, 0.3) is 0 Å². The zero-order valence-corrected chi connectivity index (χ0v) is 21.0.